The van der Waals surface area contributed by atoms with Crippen molar-refractivity contribution in [2.75, 3.05) is 25.0 Å². The average molecular weight is 423 g/mol. The van der Waals surface area contributed by atoms with E-state index in [1.807, 2.05) is 17.1 Å². The fraction of sp³-hybridized carbons (Fsp3) is 0.708. The maximum absolute atomic E-state index is 6.01. The Labute approximate surface area is 184 Å². The molecule has 4 heterocycles. The maximum atomic E-state index is 6.01. The number of aryl methyl sites for hydroxylation is 1. The van der Waals surface area contributed by atoms with E-state index >= 15 is 0 Å². The van der Waals surface area contributed by atoms with Crippen LogP contribution in [0.4, 0.5) is 5.69 Å². The molecule has 0 unspecified atom stereocenters. The normalized spacial score (nSPS) is 24.1. The molecule has 7 nitrogen and oxygen atoms in total. The van der Waals surface area contributed by atoms with Crippen LogP contribution in [0, 0.1) is 5.92 Å². The van der Waals surface area contributed by atoms with Crippen LogP contribution in [-0.2, 0) is 11.4 Å². The highest BCUT2D eigenvalue weighted by molar-refractivity contribution is 6.10. The molecule has 2 aromatic heterocycles. The van der Waals surface area contributed by atoms with Crippen LogP contribution in [0.3, 0.4) is 0 Å². The molecule has 2 saturated carbocycles. The lowest BCUT2D eigenvalue weighted by atomic mass is 9.92. The van der Waals surface area contributed by atoms with E-state index in [-0.39, 0.29) is 5.60 Å². The molecule has 0 amide bonds. The van der Waals surface area contributed by atoms with Crippen molar-refractivity contribution < 1.29 is 4.84 Å². The number of fused-ring (bicyclic) bond motifs is 1. The van der Waals surface area contributed by atoms with Gasteiger partial charge < -0.3 is 15.1 Å². The van der Waals surface area contributed by atoms with Gasteiger partial charge in [0.1, 0.15) is 5.60 Å². The Morgan fingerprint density at radius 3 is 2.68 bits per heavy atom. The smallest absolute Gasteiger partial charge is 0.159 e. The summed E-state index contributed by atoms with van der Waals surface area (Å²) in [6, 6.07) is 0.480. The highest BCUT2D eigenvalue weighted by Crippen LogP contribution is 2.42. The summed E-state index contributed by atoms with van der Waals surface area (Å²) < 4.78 is 1.98. The van der Waals surface area contributed by atoms with E-state index in [0.717, 1.165) is 59.7 Å². The number of aromatic nitrogens is 3. The van der Waals surface area contributed by atoms with Gasteiger partial charge in [0, 0.05) is 50.4 Å². The molecule has 166 valence electrons. The van der Waals surface area contributed by atoms with Crippen LogP contribution in [0.1, 0.15) is 70.3 Å². The number of hydrogen-bond donors (Lipinski definition) is 1. The first-order valence-corrected chi connectivity index (χ1v) is 12.3. The topological polar surface area (TPSA) is 67.6 Å². The molecule has 0 aromatic carbocycles. The van der Waals surface area contributed by atoms with Crippen LogP contribution in [0.5, 0.6) is 0 Å². The van der Waals surface area contributed by atoms with Crippen molar-refractivity contribution in [3.63, 3.8) is 0 Å². The summed E-state index contributed by atoms with van der Waals surface area (Å²) in [6.45, 7) is 6.63. The molecule has 0 atom stereocenters. The third-order valence-corrected chi connectivity index (χ3v) is 7.78. The minimum atomic E-state index is -0.0662. The van der Waals surface area contributed by atoms with Crippen LogP contribution in [0.15, 0.2) is 17.5 Å². The monoisotopic (exact) mass is 422 g/mol. The van der Waals surface area contributed by atoms with Crippen molar-refractivity contribution in [3.05, 3.63) is 18.0 Å². The largest absolute Gasteiger partial charge is 0.389 e. The summed E-state index contributed by atoms with van der Waals surface area (Å²) in [6.07, 6.45) is 14.8. The fourth-order valence-corrected chi connectivity index (χ4v) is 5.72. The molecule has 7 heteroatoms. The Balaban J connectivity index is 1.27. The number of rotatable bonds is 6. The van der Waals surface area contributed by atoms with E-state index in [9.17, 15) is 0 Å². The number of oxime groups is 1. The molecule has 6 rings (SSSR count). The lowest BCUT2D eigenvalue weighted by molar-refractivity contribution is -0.0126. The van der Waals surface area contributed by atoms with Crippen molar-refractivity contribution in [1.29, 1.82) is 0 Å². The number of nitrogens with zero attached hydrogens (tertiary/aromatic N) is 5. The zero-order valence-electron chi connectivity index (χ0n) is 18.6. The van der Waals surface area contributed by atoms with Gasteiger partial charge in [-0.05, 0) is 64.2 Å². The van der Waals surface area contributed by atoms with Gasteiger partial charge in [-0.15, -0.1) is 0 Å². The second-order valence-electron chi connectivity index (χ2n) is 10.1. The van der Waals surface area contributed by atoms with E-state index in [1.165, 1.54) is 58.2 Å². The van der Waals surface area contributed by atoms with Gasteiger partial charge >= 0.3 is 0 Å². The van der Waals surface area contributed by atoms with Crippen molar-refractivity contribution in [2.24, 2.45) is 11.1 Å². The SMILES string of the molecule is CCn1ncc2c(NC3CCN(CC4CC4)CC3)c(C3=NOC4(CCCC4)C3)cnc21. The fourth-order valence-electron chi connectivity index (χ4n) is 5.72. The van der Waals surface area contributed by atoms with Crippen molar-refractivity contribution in [3.8, 4) is 0 Å². The predicted molar refractivity (Wildman–Crippen MR) is 122 cm³/mol. The summed E-state index contributed by atoms with van der Waals surface area (Å²) in [5.74, 6) is 0.971. The lowest BCUT2D eigenvalue weighted by Gasteiger charge is -2.33. The van der Waals surface area contributed by atoms with Gasteiger partial charge in [-0.3, -0.25) is 0 Å². The summed E-state index contributed by atoms with van der Waals surface area (Å²) in [5, 5.41) is 14.2. The Morgan fingerprint density at radius 1 is 1.13 bits per heavy atom. The summed E-state index contributed by atoms with van der Waals surface area (Å²) in [5.41, 5.74) is 4.20. The molecular formula is C24H34N6O. The quantitative estimate of drug-likeness (QED) is 0.757. The first-order chi connectivity index (χ1) is 15.2. The highest BCUT2D eigenvalue weighted by Gasteiger charge is 2.42. The maximum Gasteiger partial charge on any atom is 0.159 e. The van der Waals surface area contributed by atoms with Crippen molar-refractivity contribution >= 4 is 22.4 Å². The number of likely N-dealkylation sites (tertiary alicyclic amines) is 1. The minimum absolute atomic E-state index is 0.0662. The number of anilines is 1. The average Bonchev–Trinajstić information content (AvgIpc) is 3.18. The van der Waals surface area contributed by atoms with Gasteiger partial charge in [0.05, 0.1) is 23.0 Å². The minimum Gasteiger partial charge on any atom is -0.389 e. The van der Waals surface area contributed by atoms with Crippen LogP contribution in [0.2, 0.25) is 0 Å². The lowest BCUT2D eigenvalue weighted by Crippen LogP contribution is -2.40. The molecule has 31 heavy (non-hydrogen) atoms. The van der Waals surface area contributed by atoms with Gasteiger partial charge in [-0.2, -0.15) is 5.10 Å². The molecule has 1 N–H and O–H groups in total. The standard InChI is InChI=1S/C24H34N6O/c1-2-30-23-20(15-26-30)22(27-18-7-11-29(12-8-18)16-17-5-6-17)19(14-25-23)21-13-24(31-28-21)9-3-4-10-24/h14-15,17-18H,2-13,16H2,1H3,(H,25,27). The van der Waals surface area contributed by atoms with E-state index in [2.05, 4.69) is 27.4 Å². The first-order valence-electron chi connectivity index (χ1n) is 12.3. The predicted octanol–water partition coefficient (Wildman–Crippen LogP) is 4.17. The zero-order valence-corrected chi connectivity index (χ0v) is 18.6. The van der Waals surface area contributed by atoms with Crippen molar-refractivity contribution in [1.82, 2.24) is 19.7 Å². The molecule has 0 radical (unpaired) electrons. The van der Waals surface area contributed by atoms with Gasteiger partial charge in [0.2, 0.25) is 0 Å². The van der Waals surface area contributed by atoms with Gasteiger partial charge in [-0.25, -0.2) is 9.67 Å². The number of hydrogen-bond acceptors (Lipinski definition) is 6. The summed E-state index contributed by atoms with van der Waals surface area (Å²) in [7, 11) is 0. The Bertz CT molecular complexity index is 979. The summed E-state index contributed by atoms with van der Waals surface area (Å²) >= 11 is 0. The van der Waals surface area contributed by atoms with Gasteiger partial charge in [0.25, 0.3) is 0 Å². The molecule has 3 fully saturated rings. The van der Waals surface area contributed by atoms with Crippen LogP contribution in [0.25, 0.3) is 11.0 Å². The van der Waals surface area contributed by atoms with Crippen LogP contribution < -0.4 is 5.32 Å². The number of piperidine rings is 1. The Hall–Kier alpha value is -2.15. The molecule has 2 aliphatic carbocycles. The number of nitrogens with one attached hydrogen (secondary N) is 1. The Kier molecular flexibility index (Phi) is 4.89. The van der Waals surface area contributed by atoms with Crippen molar-refractivity contribution in [2.45, 2.75) is 82.9 Å². The van der Waals surface area contributed by atoms with E-state index in [1.54, 1.807) is 0 Å². The number of pyridine rings is 1. The molecule has 2 aromatic rings. The third-order valence-electron chi connectivity index (χ3n) is 7.78. The molecule has 1 saturated heterocycles. The highest BCUT2D eigenvalue weighted by atomic mass is 16.7. The molecule has 1 spiro atoms. The van der Waals surface area contributed by atoms with Gasteiger partial charge in [-0.1, -0.05) is 5.16 Å². The van der Waals surface area contributed by atoms with Crippen LogP contribution in [-0.4, -0.2) is 56.7 Å². The summed E-state index contributed by atoms with van der Waals surface area (Å²) in [4.78, 5) is 13.5. The van der Waals surface area contributed by atoms with E-state index in [0.29, 0.717) is 6.04 Å². The molecule has 0 bridgehead atoms. The third kappa shape index (κ3) is 3.71. The second-order valence-corrected chi connectivity index (χ2v) is 10.1. The van der Waals surface area contributed by atoms with Crippen LogP contribution >= 0.6 is 0 Å². The molecular weight excluding hydrogens is 388 g/mol. The second kappa shape index (κ2) is 7.76. The molecule has 4 aliphatic rings. The van der Waals surface area contributed by atoms with Gasteiger partial charge in [0.15, 0.2) is 5.65 Å². The zero-order chi connectivity index (χ0) is 20.8. The molecule has 2 aliphatic heterocycles. The van der Waals surface area contributed by atoms with E-state index in [4.69, 9.17) is 9.82 Å². The van der Waals surface area contributed by atoms with E-state index < -0.39 is 0 Å². The Morgan fingerprint density at radius 2 is 1.94 bits per heavy atom. The first kappa shape index (κ1) is 19.5.